The molecule has 116 valence electrons. The summed E-state index contributed by atoms with van der Waals surface area (Å²) in [5.41, 5.74) is 5.98. The summed E-state index contributed by atoms with van der Waals surface area (Å²) < 4.78 is 3.47. The van der Waals surface area contributed by atoms with Gasteiger partial charge in [0.15, 0.2) is 0 Å². The van der Waals surface area contributed by atoms with Gasteiger partial charge in [0.05, 0.1) is 23.2 Å². The van der Waals surface area contributed by atoms with Gasteiger partial charge in [-0.15, -0.1) is 0 Å². The Morgan fingerprint density at radius 2 is 1.61 bits per heavy atom. The Labute approximate surface area is 134 Å². The van der Waals surface area contributed by atoms with Crippen LogP contribution in [0.1, 0.15) is 11.3 Å². The maximum Gasteiger partial charge on any atom is 0.280 e. The fraction of sp³-hybridized carbons (Fsp3) is 0.111. The smallest absolute Gasteiger partial charge is 0.280 e. The number of hydrazone groups is 1. The van der Waals surface area contributed by atoms with E-state index in [1.54, 1.807) is 10.9 Å². The van der Waals surface area contributed by atoms with Crippen molar-refractivity contribution in [3.05, 3.63) is 82.3 Å². The highest BCUT2D eigenvalue weighted by atomic mass is 16.1. The van der Waals surface area contributed by atoms with Gasteiger partial charge in [-0.3, -0.25) is 14.9 Å². The summed E-state index contributed by atoms with van der Waals surface area (Å²) >= 11 is 0. The van der Waals surface area contributed by atoms with E-state index in [9.17, 15) is 4.79 Å². The van der Waals surface area contributed by atoms with E-state index in [0.717, 1.165) is 17.1 Å². The van der Waals surface area contributed by atoms with E-state index >= 15 is 0 Å². The molecule has 0 atom stereocenters. The van der Waals surface area contributed by atoms with Crippen LogP contribution in [0.4, 0.5) is 5.69 Å². The van der Waals surface area contributed by atoms with E-state index in [2.05, 4.69) is 10.5 Å². The van der Waals surface area contributed by atoms with Crippen LogP contribution in [0.15, 0.2) is 70.6 Å². The van der Waals surface area contributed by atoms with E-state index in [-0.39, 0.29) is 5.56 Å². The van der Waals surface area contributed by atoms with Crippen molar-refractivity contribution in [2.24, 2.45) is 12.1 Å². The Hall–Kier alpha value is -3.08. The van der Waals surface area contributed by atoms with Crippen LogP contribution >= 0.6 is 0 Å². The Kier molecular flexibility index (Phi) is 4.10. The Bertz CT molecular complexity index is 877. The maximum atomic E-state index is 12.7. The molecule has 0 saturated heterocycles. The summed E-state index contributed by atoms with van der Waals surface area (Å²) in [5.74, 6) is 0. The summed E-state index contributed by atoms with van der Waals surface area (Å²) in [6.45, 7) is 1.91. The van der Waals surface area contributed by atoms with Gasteiger partial charge >= 0.3 is 0 Å². The van der Waals surface area contributed by atoms with Crippen LogP contribution < -0.4 is 11.0 Å². The van der Waals surface area contributed by atoms with Gasteiger partial charge in [0.2, 0.25) is 0 Å². The molecule has 0 amide bonds. The second-order valence-corrected chi connectivity index (χ2v) is 5.21. The number of nitrogens with zero attached hydrogens (tertiary/aromatic N) is 3. The Balaban J connectivity index is 1.94. The van der Waals surface area contributed by atoms with E-state index in [4.69, 9.17) is 0 Å². The number of anilines is 1. The SMILES string of the molecule is Cc1c(/C=N/Nc2ccccc2)c(=O)n(-c2ccccc2)n1C. The molecule has 0 unspecified atom stereocenters. The molecule has 2 aromatic carbocycles. The van der Waals surface area contributed by atoms with Crippen LogP contribution in [-0.4, -0.2) is 15.6 Å². The molecule has 1 aromatic heterocycles. The lowest BCUT2D eigenvalue weighted by atomic mass is 10.3. The number of benzene rings is 2. The van der Waals surface area contributed by atoms with Crippen LogP contribution in [0.2, 0.25) is 0 Å². The van der Waals surface area contributed by atoms with Gasteiger partial charge in [0.25, 0.3) is 5.56 Å². The quantitative estimate of drug-likeness (QED) is 0.595. The number of hydrogen-bond acceptors (Lipinski definition) is 3. The number of para-hydroxylation sites is 2. The zero-order chi connectivity index (χ0) is 16.2. The van der Waals surface area contributed by atoms with Crippen LogP contribution in [-0.2, 0) is 7.05 Å². The third-order valence-electron chi connectivity index (χ3n) is 3.76. The normalized spacial score (nSPS) is 11.0. The van der Waals surface area contributed by atoms with Crippen molar-refractivity contribution >= 4 is 11.9 Å². The lowest BCUT2D eigenvalue weighted by molar-refractivity contribution is 0.630. The fourth-order valence-electron chi connectivity index (χ4n) is 2.42. The van der Waals surface area contributed by atoms with Crippen molar-refractivity contribution < 1.29 is 0 Å². The van der Waals surface area contributed by atoms with Crippen LogP contribution in [0, 0.1) is 6.92 Å². The van der Waals surface area contributed by atoms with Crippen molar-refractivity contribution in [3.8, 4) is 5.69 Å². The predicted octanol–water partition coefficient (Wildman–Crippen LogP) is 2.93. The summed E-state index contributed by atoms with van der Waals surface area (Å²) in [4.78, 5) is 12.7. The first-order chi connectivity index (χ1) is 11.2. The van der Waals surface area contributed by atoms with Gasteiger partial charge in [-0.05, 0) is 31.2 Å². The summed E-state index contributed by atoms with van der Waals surface area (Å²) in [6.07, 6.45) is 1.57. The molecular formula is C18H18N4O. The third kappa shape index (κ3) is 2.94. The minimum Gasteiger partial charge on any atom is -0.285 e. The molecule has 1 N–H and O–H groups in total. The zero-order valence-electron chi connectivity index (χ0n) is 13.1. The lowest BCUT2D eigenvalue weighted by Crippen LogP contribution is -2.20. The Morgan fingerprint density at radius 1 is 1.00 bits per heavy atom. The largest absolute Gasteiger partial charge is 0.285 e. The minimum atomic E-state index is -0.0881. The van der Waals surface area contributed by atoms with Gasteiger partial charge in [-0.2, -0.15) is 5.10 Å². The fourth-order valence-corrected chi connectivity index (χ4v) is 2.42. The average molecular weight is 306 g/mol. The van der Waals surface area contributed by atoms with Crippen molar-refractivity contribution in [2.45, 2.75) is 6.92 Å². The number of hydrogen-bond donors (Lipinski definition) is 1. The average Bonchev–Trinajstić information content (AvgIpc) is 2.80. The van der Waals surface area contributed by atoms with E-state index in [1.807, 2.05) is 79.3 Å². The number of nitrogens with one attached hydrogen (secondary N) is 1. The molecule has 0 aliphatic carbocycles. The predicted molar refractivity (Wildman–Crippen MR) is 93.4 cm³/mol. The van der Waals surface area contributed by atoms with Crippen molar-refractivity contribution in [1.29, 1.82) is 0 Å². The topological polar surface area (TPSA) is 51.3 Å². The van der Waals surface area contributed by atoms with Crippen LogP contribution in [0.5, 0.6) is 0 Å². The third-order valence-corrected chi connectivity index (χ3v) is 3.76. The Morgan fingerprint density at radius 3 is 2.26 bits per heavy atom. The van der Waals surface area contributed by atoms with Gasteiger partial charge < -0.3 is 0 Å². The molecule has 0 saturated carbocycles. The molecule has 1 heterocycles. The highest BCUT2D eigenvalue weighted by molar-refractivity contribution is 5.81. The number of aromatic nitrogens is 2. The molecule has 0 radical (unpaired) electrons. The molecule has 23 heavy (non-hydrogen) atoms. The highest BCUT2D eigenvalue weighted by Crippen LogP contribution is 2.09. The van der Waals surface area contributed by atoms with Gasteiger partial charge in [0.1, 0.15) is 0 Å². The summed E-state index contributed by atoms with van der Waals surface area (Å²) in [6, 6.07) is 19.2. The molecule has 5 heteroatoms. The molecule has 5 nitrogen and oxygen atoms in total. The van der Waals surface area contributed by atoms with E-state index in [1.165, 1.54) is 0 Å². The second-order valence-electron chi connectivity index (χ2n) is 5.21. The molecule has 0 aliphatic heterocycles. The number of rotatable bonds is 4. The maximum absolute atomic E-state index is 12.7. The molecule has 0 aliphatic rings. The molecule has 0 spiro atoms. The standard InChI is InChI=1S/C18H18N4O/c1-14-17(13-19-20-15-9-5-3-6-10-15)18(23)22(21(14)2)16-11-7-4-8-12-16/h3-13,20H,1-2H3/b19-13+. The highest BCUT2D eigenvalue weighted by Gasteiger charge is 2.14. The first-order valence-electron chi connectivity index (χ1n) is 7.36. The summed E-state index contributed by atoms with van der Waals surface area (Å²) in [7, 11) is 1.87. The van der Waals surface area contributed by atoms with E-state index < -0.39 is 0 Å². The minimum absolute atomic E-state index is 0.0881. The first kappa shape index (κ1) is 14.8. The monoisotopic (exact) mass is 306 g/mol. The molecule has 3 rings (SSSR count). The molecule has 0 bridgehead atoms. The lowest BCUT2D eigenvalue weighted by Gasteiger charge is -2.07. The van der Waals surface area contributed by atoms with Crippen LogP contribution in [0.3, 0.4) is 0 Å². The second kappa shape index (κ2) is 6.36. The van der Waals surface area contributed by atoms with Crippen molar-refractivity contribution in [3.63, 3.8) is 0 Å². The van der Waals surface area contributed by atoms with Crippen molar-refractivity contribution in [1.82, 2.24) is 9.36 Å². The van der Waals surface area contributed by atoms with Gasteiger partial charge in [-0.25, -0.2) is 4.68 Å². The first-order valence-corrected chi connectivity index (χ1v) is 7.36. The molecule has 3 aromatic rings. The summed E-state index contributed by atoms with van der Waals surface area (Å²) in [5, 5.41) is 4.18. The van der Waals surface area contributed by atoms with Crippen molar-refractivity contribution in [2.75, 3.05) is 5.43 Å². The van der Waals surface area contributed by atoms with Gasteiger partial charge in [-0.1, -0.05) is 36.4 Å². The van der Waals surface area contributed by atoms with E-state index in [0.29, 0.717) is 5.56 Å². The van der Waals surface area contributed by atoms with Gasteiger partial charge in [0, 0.05) is 12.7 Å². The van der Waals surface area contributed by atoms with Crippen LogP contribution in [0.25, 0.3) is 5.69 Å². The molecule has 0 fully saturated rings. The zero-order valence-corrected chi connectivity index (χ0v) is 13.1. The molecular weight excluding hydrogens is 288 g/mol.